The van der Waals surface area contributed by atoms with Crippen LogP contribution in [0.3, 0.4) is 0 Å². The van der Waals surface area contributed by atoms with E-state index in [9.17, 15) is 9.59 Å². The monoisotopic (exact) mass is 365 g/mol. The minimum absolute atomic E-state index is 0. The van der Waals surface area contributed by atoms with Gasteiger partial charge in [0.2, 0.25) is 5.91 Å². The van der Waals surface area contributed by atoms with Gasteiger partial charge >= 0.3 is 0 Å². The molecule has 1 saturated heterocycles. The van der Waals surface area contributed by atoms with Crippen LogP contribution >= 0.6 is 12.4 Å². The largest absolute Gasteiger partial charge is 0.352 e. The van der Waals surface area contributed by atoms with Gasteiger partial charge in [-0.2, -0.15) is 0 Å². The predicted octanol–water partition coefficient (Wildman–Crippen LogP) is 2.35. The van der Waals surface area contributed by atoms with Crippen LogP contribution in [0.4, 0.5) is 0 Å². The molecule has 1 heterocycles. The van der Waals surface area contributed by atoms with Gasteiger partial charge in [-0.05, 0) is 37.5 Å². The van der Waals surface area contributed by atoms with Crippen LogP contribution in [0.2, 0.25) is 0 Å². The fraction of sp³-hybridized carbons (Fsp3) is 0.579. The number of halogens is 1. The number of rotatable bonds is 4. The lowest BCUT2D eigenvalue weighted by Crippen LogP contribution is -2.52. The smallest absolute Gasteiger partial charge is 0.254 e. The number of hydrogen-bond acceptors (Lipinski definition) is 3. The molecule has 1 atom stereocenters. The van der Waals surface area contributed by atoms with Gasteiger partial charge in [-0.3, -0.25) is 9.59 Å². The van der Waals surface area contributed by atoms with E-state index >= 15 is 0 Å². The average molecular weight is 366 g/mol. The summed E-state index contributed by atoms with van der Waals surface area (Å²) in [5, 5.41) is 6.31. The Morgan fingerprint density at radius 3 is 2.52 bits per heavy atom. The van der Waals surface area contributed by atoms with Crippen molar-refractivity contribution >= 4 is 24.2 Å². The summed E-state index contributed by atoms with van der Waals surface area (Å²) < 4.78 is 0. The fourth-order valence-electron chi connectivity index (χ4n) is 3.60. The Hall–Kier alpha value is -1.59. The van der Waals surface area contributed by atoms with Crippen LogP contribution in [-0.2, 0) is 11.3 Å². The predicted molar refractivity (Wildman–Crippen MR) is 101 cm³/mol. The highest BCUT2D eigenvalue weighted by atomic mass is 35.5. The van der Waals surface area contributed by atoms with E-state index in [0.717, 1.165) is 43.6 Å². The van der Waals surface area contributed by atoms with Crippen LogP contribution < -0.4 is 10.6 Å². The molecular formula is C19H28ClN3O2. The van der Waals surface area contributed by atoms with Gasteiger partial charge in [0.1, 0.15) is 0 Å². The second-order valence-corrected chi connectivity index (χ2v) is 6.95. The van der Waals surface area contributed by atoms with Crippen molar-refractivity contribution < 1.29 is 9.59 Å². The van der Waals surface area contributed by atoms with E-state index in [4.69, 9.17) is 0 Å². The third-order valence-electron chi connectivity index (χ3n) is 5.16. The van der Waals surface area contributed by atoms with E-state index in [1.54, 1.807) is 0 Å². The van der Waals surface area contributed by atoms with Crippen LogP contribution in [-0.4, -0.2) is 42.4 Å². The van der Waals surface area contributed by atoms with Crippen LogP contribution in [0, 0.1) is 5.92 Å². The van der Waals surface area contributed by atoms with Crippen LogP contribution in [0.15, 0.2) is 24.3 Å². The Labute approximate surface area is 155 Å². The first-order valence-electron chi connectivity index (χ1n) is 9.03. The topological polar surface area (TPSA) is 61.4 Å². The molecule has 2 aliphatic rings. The maximum absolute atomic E-state index is 12.6. The molecule has 0 radical (unpaired) electrons. The number of carbonyl (C=O) groups is 2. The highest BCUT2D eigenvalue weighted by Crippen LogP contribution is 2.24. The quantitative estimate of drug-likeness (QED) is 0.861. The summed E-state index contributed by atoms with van der Waals surface area (Å²) in [6.07, 6.45) is 4.36. The lowest BCUT2D eigenvalue weighted by molar-refractivity contribution is -0.124. The molecule has 0 spiro atoms. The van der Waals surface area contributed by atoms with Gasteiger partial charge < -0.3 is 15.5 Å². The SMILES string of the molecule is CC1CNCCN1C(=O)c1ccc(CNC(=O)C2CCCC2)cc1.Cl. The van der Waals surface area contributed by atoms with E-state index < -0.39 is 0 Å². The Morgan fingerprint density at radius 1 is 1.20 bits per heavy atom. The number of nitrogens with one attached hydrogen (secondary N) is 2. The van der Waals surface area contributed by atoms with Gasteiger partial charge in [-0.25, -0.2) is 0 Å². The molecule has 3 rings (SSSR count). The van der Waals surface area contributed by atoms with Crippen molar-refractivity contribution in [2.45, 2.75) is 45.2 Å². The molecule has 1 saturated carbocycles. The molecule has 0 aromatic heterocycles. The van der Waals surface area contributed by atoms with Gasteiger partial charge in [0.15, 0.2) is 0 Å². The zero-order valence-corrected chi connectivity index (χ0v) is 15.6. The summed E-state index contributed by atoms with van der Waals surface area (Å²) in [5.41, 5.74) is 1.75. The maximum Gasteiger partial charge on any atom is 0.254 e. The van der Waals surface area contributed by atoms with Gasteiger partial charge in [0, 0.05) is 43.7 Å². The molecule has 25 heavy (non-hydrogen) atoms. The molecule has 0 bridgehead atoms. The first-order chi connectivity index (χ1) is 11.6. The number of piperazine rings is 1. The third kappa shape index (κ3) is 4.95. The molecule has 2 amide bonds. The number of carbonyl (C=O) groups excluding carboxylic acids is 2. The molecule has 5 nitrogen and oxygen atoms in total. The number of hydrogen-bond donors (Lipinski definition) is 2. The van der Waals surface area contributed by atoms with Crippen molar-refractivity contribution in [3.63, 3.8) is 0 Å². The molecule has 1 aromatic carbocycles. The number of nitrogens with zero attached hydrogens (tertiary/aromatic N) is 1. The summed E-state index contributed by atoms with van der Waals surface area (Å²) >= 11 is 0. The van der Waals surface area contributed by atoms with Crippen molar-refractivity contribution in [1.82, 2.24) is 15.5 Å². The Morgan fingerprint density at radius 2 is 1.88 bits per heavy atom. The molecule has 2 fully saturated rings. The number of amides is 2. The van der Waals surface area contributed by atoms with E-state index in [-0.39, 0.29) is 36.2 Å². The molecular weight excluding hydrogens is 338 g/mol. The van der Waals surface area contributed by atoms with Crippen LogP contribution in [0.25, 0.3) is 0 Å². The van der Waals surface area contributed by atoms with Gasteiger partial charge in [0.05, 0.1) is 0 Å². The minimum atomic E-state index is 0. The summed E-state index contributed by atoms with van der Waals surface area (Å²) in [6, 6.07) is 7.84. The lowest BCUT2D eigenvalue weighted by atomic mass is 10.1. The van der Waals surface area contributed by atoms with Crippen molar-refractivity contribution in [3.8, 4) is 0 Å². The molecule has 138 valence electrons. The summed E-state index contributed by atoms with van der Waals surface area (Å²) in [5.74, 6) is 0.452. The first-order valence-corrected chi connectivity index (χ1v) is 9.03. The summed E-state index contributed by atoms with van der Waals surface area (Å²) in [4.78, 5) is 26.6. The Kier molecular flexibility index (Phi) is 7.26. The zero-order chi connectivity index (χ0) is 16.9. The summed E-state index contributed by atoms with van der Waals surface area (Å²) in [6.45, 7) is 5.04. The Balaban J connectivity index is 0.00000225. The maximum atomic E-state index is 12.6. The zero-order valence-electron chi connectivity index (χ0n) is 14.8. The molecule has 1 unspecified atom stereocenters. The standard InChI is InChI=1S/C19H27N3O2.ClH/c1-14-12-20-10-11-22(14)19(24)17-8-6-15(7-9-17)13-21-18(23)16-4-2-3-5-16;/h6-9,14,16,20H,2-5,10-13H2,1H3,(H,21,23);1H. The molecule has 1 aromatic rings. The van der Waals surface area contributed by atoms with Crippen molar-refractivity contribution in [1.29, 1.82) is 0 Å². The first kappa shape index (κ1) is 19.7. The van der Waals surface area contributed by atoms with E-state index in [1.165, 1.54) is 12.8 Å². The van der Waals surface area contributed by atoms with E-state index in [2.05, 4.69) is 17.6 Å². The molecule has 6 heteroatoms. The van der Waals surface area contributed by atoms with E-state index in [1.807, 2.05) is 29.2 Å². The highest BCUT2D eigenvalue weighted by Gasteiger charge is 2.24. The van der Waals surface area contributed by atoms with Crippen molar-refractivity contribution in [2.24, 2.45) is 5.92 Å². The van der Waals surface area contributed by atoms with E-state index in [0.29, 0.717) is 6.54 Å². The van der Waals surface area contributed by atoms with Crippen LogP contribution in [0.1, 0.15) is 48.5 Å². The fourth-order valence-corrected chi connectivity index (χ4v) is 3.60. The minimum Gasteiger partial charge on any atom is -0.352 e. The van der Waals surface area contributed by atoms with Gasteiger partial charge in [-0.15, -0.1) is 12.4 Å². The molecule has 1 aliphatic carbocycles. The second kappa shape index (κ2) is 9.20. The highest BCUT2D eigenvalue weighted by molar-refractivity contribution is 5.94. The second-order valence-electron chi connectivity index (χ2n) is 6.95. The lowest BCUT2D eigenvalue weighted by Gasteiger charge is -2.34. The molecule has 1 aliphatic heterocycles. The van der Waals surface area contributed by atoms with Crippen LogP contribution in [0.5, 0.6) is 0 Å². The Bertz CT molecular complexity index is 585. The van der Waals surface area contributed by atoms with Crippen molar-refractivity contribution in [3.05, 3.63) is 35.4 Å². The van der Waals surface area contributed by atoms with Gasteiger partial charge in [-0.1, -0.05) is 25.0 Å². The molecule has 2 N–H and O–H groups in total. The third-order valence-corrected chi connectivity index (χ3v) is 5.16. The van der Waals surface area contributed by atoms with Crippen molar-refractivity contribution in [2.75, 3.05) is 19.6 Å². The summed E-state index contributed by atoms with van der Waals surface area (Å²) in [7, 11) is 0. The average Bonchev–Trinajstić information content (AvgIpc) is 3.15. The number of benzene rings is 1. The normalized spacial score (nSPS) is 20.8. The van der Waals surface area contributed by atoms with Gasteiger partial charge in [0.25, 0.3) is 5.91 Å².